The minimum absolute atomic E-state index is 0.00446. The van der Waals surface area contributed by atoms with E-state index in [0.29, 0.717) is 15.8 Å². The normalized spacial score (nSPS) is 9.84. The molecule has 0 aliphatic rings. The van der Waals surface area contributed by atoms with Crippen LogP contribution in [0, 0.1) is 17.0 Å². The predicted molar refractivity (Wildman–Crippen MR) is 108 cm³/mol. The van der Waals surface area contributed by atoms with Crippen molar-refractivity contribution in [3.8, 4) is 0 Å². The summed E-state index contributed by atoms with van der Waals surface area (Å²) in [5.74, 6) is 0. The summed E-state index contributed by atoms with van der Waals surface area (Å²) >= 11 is 16.4. The van der Waals surface area contributed by atoms with E-state index in [1.807, 2.05) is 19.1 Å². The van der Waals surface area contributed by atoms with Crippen molar-refractivity contribution in [2.75, 3.05) is 10.6 Å². The average molecular weight is 396 g/mol. The van der Waals surface area contributed by atoms with Crippen molar-refractivity contribution in [1.82, 2.24) is 10.9 Å². The van der Waals surface area contributed by atoms with E-state index in [2.05, 4.69) is 21.5 Å². The summed E-state index contributed by atoms with van der Waals surface area (Å²) in [7, 11) is 0. The quantitative estimate of drug-likeness (QED) is 0.355. The van der Waals surface area contributed by atoms with Gasteiger partial charge < -0.3 is 10.6 Å². The van der Waals surface area contributed by atoms with E-state index in [9.17, 15) is 10.1 Å². The predicted octanol–water partition coefficient (Wildman–Crippen LogP) is 3.74. The van der Waals surface area contributed by atoms with Crippen LogP contribution in [0.4, 0.5) is 17.1 Å². The molecule has 2 rings (SSSR count). The van der Waals surface area contributed by atoms with Gasteiger partial charge in [0.15, 0.2) is 10.2 Å². The number of hydrogen-bond donors (Lipinski definition) is 4. The van der Waals surface area contributed by atoms with Crippen molar-refractivity contribution in [2.24, 2.45) is 0 Å². The Hall–Kier alpha value is -2.49. The molecule has 0 aromatic heterocycles. The maximum Gasteiger partial charge on any atom is 0.269 e. The number of rotatable bonds is 3. The molecule has 0 amide bonds. The first-order valence-corrected chi connectivity index (χ1v) is 8.20. The topological polar surface area (TPSA) is 91.3 Å². The molecular weight excluding hydrogens is 382 g/mol. The molecule has 4 N–H and O–H groups in total. The lowest BCUT2D eigenvalue weighted by atomic mass is 10.2. The molecule has 0 saturated heterocycles. The summed E-state index contributed by atoms with van der Waals surface area (Å²) in [6, 6.07) is 11.3. The molecule has 0 saturated carbocycles. The van der Waals surface area contributed by atoms with Crippen molar-refractivity contribution >= 4 is 63.3 Å². The molecule has 10 heteroatoms. The molecule has 25 heavy (non-hydrogen) atoms. The number of nitrogens with one attached hydrogen (secondary N) is 4. The highest BCUT2D eigenvalue weighted by molar-refractivity contribution is 7.81. The molecule has 2 aromatic rings. The maximum atomic E-state index is 10.6. The highest BCUT2D eigenvalue weighted by atomic mass is 35.5. The molecular formula is C15H14ClN5O2S2. The van der Waals surface area contributed by atoms with Gasteiger partial charge in [-0.15, -0.1) is 0 Å². The number of nitro groups is 1. The van der Waals surface area contributed by atoms with Crippen molar-refractivity contribution in [1.29, 1.82) is 0 Å². The first-order chi connectivity index (χ1) is 11.9. The zero-order valence-corrected chi connectivity index (χ0v) is 15.4. The van der Waals surface area contributed by atoms with Gasteiger partial charge in [-0.05, 0) is 61.2 Å². The van der Waals surface area contributed by atoms with Gasteiger partial charge in [0.2, 0.25) is 0 Å². The fourth-order valence-electron chi connectivity index (χ4n) is 1.84. The van der Waals surface area contributed by atoms with Crippen LogP contribution in [0.15, 0.2) is 42.5 Å². The largest absolute Gasteiger partial charge is 0.331 e. The minimum Gasteiger partial charge on any atom is -0.331 e. The Morgan fingerprint density at radius 3 is 2.24 bits per heavy atom. The van der Waals surface area contributed by atoms with Gasteiger partial charge in [-0.3, -0.25) is 21.0 Å². The Kier molecular flexibility index (Phi) is 6.45. The Morgan fingerprint density at radius 1 is 1.04 bits per heavy atom. The summed E-state index contributed by atoms with van der Waals surface area (Å²) in [4.78, 5) is 10.1. The van der Waals surface area contributed by atoms with Gasteiger partial charge in [0.1, 0.15) is 0 Å². The second kappa shape index (κ2) is 8.56. The number of nitrogens with zero attached hydrogens (tertiary/aromatic N) is 1. The van der Waals surface area contributed by atoms with E-state index in [1.54, 1.807) is 18.2 Å². The standard InChI is InChI=1S/C15H14ClN5O2S2/c1-9-12(16)3-2-4-13(9)18-15(25)20-19-14(24)17-10-5-7-11(8-6-10)21(22)23/h2-8H,1H3,(H2,17,19,24)(H2,18,20,25). The molecule has 0 atom stereocenters. The van der Waals surface area contributed by atoms with E-state index >= 15 is 0 Å². The Balaban J connectivity index is 1.84. The number of hydrogen-bond acceptors (Lipinski definition) is 4. The SMILES string of the molecule is Cc1c(Cl)cccc1NC(=S)NNC(=S)Nc1ccc([N+](=O)[O-])cc1. The average Bonchev–Trinajstić information content (AvgIpc) is 2.58. The molecule has 0 aliphatic carbocycles. The molecule has 2 aromatic carbocycles. The number of hydrazine groups is 1. The lowest BCUT2D eigenvalue weighted by Gasteiger charge is -2.15. The Morgan fingerprint density at radius 2 is 1.64 bits per heavy atom. The molecule has 0 fully saturated rings. The van der Waals surface area contributed by atoms with Gasteiger partial charge in [-0.1, -0.05) is 17.7 Å². The van der Waals surface area contributed by atoms with Gasteiger partial charge in [0.25, 0.3) is 5.69 Å². The van der Waals surface area contributed by atoms with Crippen LogP contribution in [0.1, 0.15) is 5.56 Å². The van der Waals surface area contributed by atoms with E-state index < -0.39 is 4.92 Å². The zero-order chi connectivity index (χ0) is 18.4. The van der Waals surface area contributed by atoms with Gasteiger partial charge in [0.05, 0.1) is 4.92 Å². The Bertz CT molecular complexity index is 814. The molecule has 0 spiro atoms. The molecule has 0 heterocycles. The van der Waals surface area contributed by atoms with Gasteiger partial charge in [0, 0.05) is 28.5 Å². The van der Waals surface area contributed by atoms with Crippen LogP contribution in [0.3, 0.4) is 0 Å². The third-order valence-corrected chi connectivity index (χ3v) is 3.96. The number of nitro benzene ring substituents is 1. The number of benzene rings is 2. The van der Waals surface area contributed by atoms with Crippen molar-refractivity contribution < 1.29 is 4.92 Å². The molecule has 7 nitrogen and oxygen atoms in total. The van der Waals surface area contributed by atoms with Crippen molar-refractivity contribution in [3.63, 3.8) is 0 Å². The second-order valence-electron chi connectivity index (χ2n) is 4.87. The van der Waals surface area contributed by atoms with Crippen LogP contribution in [-0.2, 0) is 0 Å². The van der Waals surface area contributed by atoms with E-state index in [4.69, 9.17) is 36.0 Å². The van der Waals surface area contributed by atoms with Crippen LogP contribution in [0.5, 0.6) is 0 Å². The second-order valence-corrected chi connectivity index (χ2v) is 6.10. The van der Waals surface area contributed by atoms with Crippen molar-refractivity contribution in [2.45, 2.75) is 6.92 Å². The summed E-state index contributed by atoms with van der Waals surface area (Å²) in [6.07, 6.45) is 0. The molecule has 0 unspecified atom stereocenters. The van der Waals surface area contributed by atoms with E-state index in [0.717, 1.165) is 11.3 Å². The molecule has 0 aliphatic heterocycles. The molecule has 130 valence electrons. The number of anilines is 2. The summed E-state index contributed by atoms with van der Waals surface area (Å²) < 4.78 is 0. The smallest absolute Gasteiger partial charge is 0.269 e. The van der Waals surface area contributed by atoms with Gasteiger partial charge in [-0.25, -0.2) is 0 Å². The van der Waals surface area contributed by atoms with E-state index in [1.165, 1.54) is 12.1 Å². The lowest BCUT2D eigenvalue weighted by molar-refractivity contribution is -0.384. The minimum atomic E-state index is -0.468. The van der Waals surface area contributed by atoms with Crippen LogP contribution in [0.2, 0.25) is 5.02 Å². The number of halogens is 1. The van der Waals surface area contributed by atoms with Crippen LogP contribution >= 0.6 is 36.0 Å². The third-order valence-electron chi connectivity index (χ3n) is 3.14. The monoisotopic (exact) mass is 395 g/mol. The van der Waals surface area contributed by atoms with Gasteiger partial charge >= 0.3 is 0 Å². The van der Waals surface area contributed by atoms with Crippen LogP contribution in [0.25, 0.3) is 0 Å². The Labute approximate surface area is 159 Å². The zero-order valence-electron chi connectivity index (χ0n) is 13.0. The summed E-state index contributed by atoms with van der Waals surface area (Å²) in [5, 5.41) is 17.7. The van der Waals surface area contributed by atoms with Crippen molar-refractivity contribution in [3.05, 3.63) is 63.2 Å². The fourth-order valence-corrected chi connectivity index (χ4v) is 2.34. The molecule has 0 bridgehead atoms. The maximum absolute atomic E-state index is 10.6. The number of non-ortho nitro benzene ring substituents is 1. The highest BCUT2D eigenvalue weighted by Gasteiger charge is 2.06. The first-order valence-electron chi connectivity index (χ1n) is 7.00. The van der Waals surface area contributed by atoms with E-state index in [-0.39, 0.29) is 10.8 Å². The first kappa shape index (κ1) is 18.8. The fraction of sp³-hybridized carbons (Fsp3) is 0.0667. The van der Waals surface area contributed by atoms with Crippen LogP contribution < -0.4 is 21.5 Å². The number of thiocarbonyl (C=S) groups is 2. The summed E-state index contributed by atoms with van der Waals surface area (Å²) in [5.41, 5.74) is 7.73. The third kappa shape index (κ3) is 5.52. The lowest BCUT2D eigenvalue weighted by Crippen LogP contribution is -2.45. The molecule has 0 radical (unpaired) electrons. The highest BCUT2D eigenvalue weighted by Crippen LogP contribution is 2.22. The van der Waals surface area contributed by atoms with Crippen LogP contribution in [-0.4, -0.2) is 15.1 Å². The summed E-state index contributed by atoms with van der Waals surface area (Å²) in [6.45, 7) is 1.88. The van der Waals surface area contributed by atoms with Gasteiger partial charge in [-0.2, -0.15) is 0 Å².